The molecule has 190 valence electrons. The van der Waals surface area contributed by atoms with Crippen LogP contribution in [-0.4, -0.2) is 45.0 Å². The predicted octanol–water partition coefficient (Wildman–Crippen LogP) is 6.37. The highest BCUT2D eigenvalue weighted by atomic mass is 28.4. The Kier molecular flexibility index (Phi) is 13.4. The highest BCUT2D eigenvalue weighted by molar-refractivity contribution is 6.74. The predicted molar refractivity (Wildman–Crippen MR) is 138 cm³/mol. The summed E-state index contributed by atoms with van der Waals surface area (Å²) in [5, 5.41) is 9.02. The first-order valence-corrected chi connectivity index (χ1v) is 15.6. The van der Waals surface area contributed by atoms with Gasteiger partial charge in [0.1, 0.15) is 5.78 Å². The SMILES string of the molecule is COC(=O)CCC/C=C\C[C@H]1C(=O)C[C@@H](O[Si](C)(C)C(C)(C)C)[C@H]1C=CCCCCCCO. The van der Waals surface area contributed by atoms with E-state index < -0.39 is 8.32 Å². The van der Waals surface area contributed by atoms with Crippen LogP contribution < -0.4 is 0 Å². The molecule has 1 fully saturated rings. The van der Waals surface area contributed by atoms with E-state index in [0.717, 1.165) is 51.4 Å². The van der Waals surface area contributed by atoms with Gasteiger partial charge in [-0.25, -0.2) is 0 Å². The zero-order valence-electron chi connectivity index (χ0n) is 21.9. The second kappa shape index (κ2) is 14.9. The van der Waals surface area contributed by atoms with E-state index in [1.807, 2.05) is 0 Å². The van der Waals surface area contributed by atoms with Gasteiger partial charge in [-0.05, 0) is 56.7 Å². The first-order valence-electron chi connectivity index (χ1n) is 12.7. The fourth-order valence-corrected chi connectivity index (χ4v) is 5.34. The van der Waals surface area contributed by atoms with Gasteiger partial charge in [0.05, 0.1) is 13.2 Å². The lowest BCUT2D eigenvalue weighted by Gasteiger charge is -2.39. The molecule has 1 rings (SSSR count). The lowest BCUT2D eigenvalue weighted by Crippen LogP contribution is -2.45. The molecule has 33 heavy (non-hydrogen) atoms. The molecule has 1 aliphatic carbocycles. The molecule has 1 aliphatic rings. The third-order valence-corrected chi connectivity index (χ3v) is 11.6. The molecule has 0 radical (unpaired) electrons. The third-order valence-electron chi connectivity index (χ3n) is 7.14. The van der Waals surface area contributed by atoms with Crippen LogP contribution in [0.1, 0.15) is 85.0 Å². The molecule has 0 aromatic carbocycles. The molecule has 0 bridgehead atoms. The molecule has 0 spiro atoms. The van der Waals surface area contributed by atoms with Crippen molar-refractivity contribution in [3.63, 3.8) is 0 Å². The minimum Gasteiger partial charge on any atom is -0.469 e. The number of hydrogen-bond donors (Lipinski definition) is 1. The van der Waals surface area contributed by atoms with E-state index >= 15 is 0 Å². The molecular weight excluding hydrogens is 432 g/mol. The van der Waals surface area contributed by atoms with E-state index in [4.69, 9.17) is 9.53 Å². The quantitative estimate of drug-likeness (QED) is 0.128. The number of aliphatic hydroxyl groups is 1. The summed E-state index contributed by atoms with van der Waals surface area (Å²) in [5.74, 6) is 0.197. The lowest BCUT2D eigenvalue weighted by atomic mass is 9.90. The van der Waals surface area contributed by atoms with Crippen molar-refractivity contribution in [1.82, 2.24) is 0 Å². The lowest BCUT2D eigenvalue weighted by molar-refractivity contribution is -0.140. The maximum Gasteiger partial charge on any atom is 0.305 e. The fraction of sp³-hybridized carbons (Fsp3) is 0.778. The van der Waals surface area contributed by atoms with Crippen molar-refractivity contribution < 1.29 is 23.9 Å². The van der Waals surface area contributed by atoms with Gasteiger partial charge in [-0.2, -0.15) is 0 Å². The van der Waals surface area contributed by atoms with Crippen molar-refractivity contribution in [2.45, 2.75) is 109 Å². The Morgan fingerprint density at radius 1 is 1.06 bits per heavy atom. The number of hydrogen-bond acceptors (Lipinski definition) is 5. The van der Waals surface area contributed by atoms with Crippen molar-refractivity contribution in [2.24, 2.45) is 11.8 Å². The van der Waals surface area contributed by atoms with Gasteiger partial charge in [0, 0.05) is 31.3 Å². The van der Waals surface area contributed by atoms with Crippen LogP contribution in [-0.2, 0) is 18.8 Å². The highest BCUT2D eigenvalue weighted by Gasteiger charge is 2.46. The number of allylic oxidation sites excluding steroid dienone is 3. The number of esters is 1. The van der Waals surface area contributed by atoms with Crippen molar-refractivity contribution in [1.29, 1.82) is 0 Å². The summed E-state index contributed by atoms with van der Waals surface area (Å²) >= 11 is 0. The average Bonchev–Trinajstić information content (AvgIpc) is 3.02. The molecule has 6 heteroatoms. The zero-order valence-corrected chi connectivity index (χ0v) is 22.9. The molecule has 1 N–H and O–H groups in total. The van der Waals surface area contributed by atoms with Crippen LogP contribution in [0.15, 0.2) is 24.3 Å². The van der Waals surface area contributed by atoms with Gasteiger partial charge in [0.15, 0.2) is 8.32 Å². The smallest absolute Gasteiger partial charge is 0.305 e. The van der Waals surface area contributed by atoms with E-state index in [-0.39, 0.29) is 35.6 Å². The molecule has 0 aliphatic heterocycles. The van der Waals surface area contributed by atoms with Crippen LogP contribution in [0.5, 0.6) is 0 Å². The van der Waals surface area contributed by atoms with Crippen LogP contribution >= 0.6 is 0 Å². The molecular formula is C27H48O5Si. The van der Waals surface area contributed by atoms with Gasteiger partial charge in [-0.15, -0.1) is 0 Å². The molecule has 0 aromatic rings. The van der Waals surface area contributed by atoms with Gasteiger partial charge in [0.25, 0.3) is 0 Å². The van der Waals surface area contributed by atoms with E-state index in [0.29, 0.717) is 18.6 Å². The largest absolute Gasteiger partial charge is 0.469 e. The Morgan fingerprint density at radius 3 is 2.36 bits per heavy atom. The van der Waals surface area contributed by atoms with Crippen LogP contribution in [0.25, 0.3) is 0 Å². The normalized spacial score (nSPS) is 22.0. The van der Waals surface area contributed by atoms with E-state index in [1.54, 1.807) is 0 Å². The fourth-order valence-electron chi connectivity index (χ4n) is 3.99. The zero-order chi connectivity index (χ0) is 24.9. The number of carbonyl (C=O) groups is 2. The van der Waals surface area contributed by atoms with Gasteiger partial charge >= 0.3 is 5.97 Å². The Hall–Kier alpha value is -1.24. The summed E-state index contributed by atoms with van der Waals surface area (Å²) in [6.45, 7) is 11.5. The number of Topliss-reactive ketones (excluding diaryl/α,β-unsaturated/α-hetero) is 1. The number of methoxy groups -OCH3 is 1. The standard InChI is InChI=1S/C27H48O5Si/c1-27(2,3)33(5,6)32-25-21-24(29)22(17-13-10-11-15-19-26(30)31-4)23(25)18-14-9-7-8-12-16-20-28/h10,13-14,18,22-23,25,28H,7-9,11-12,15-17,19-21H2,1-6H3/b13-10-,18-14?/t22-,23+,25-/m1/s1. The van der Waals surface area contributed by atoms with Gasteiger partial charge in [-0.3, -0.25) is 9.59 Å². The highest BCUT2D eigenvalue weighted by Crippen LogP contribution is 2.42. The summed E-state index contributed by atoms with van der Waals surface area (Å²) in [6.07, 6.45) is 17.0. The number of ketones is 1. The van der Waals surface area contributed by atoms with Crippen LogP contribution in [0.2, 0.25) is 18.1 Å². The number of ether oxygens (including phenoxy) is 1. The van der Waals surface area contributed by atoms with E-state index in [9.17, 15) is 9.59 Å². The Balaban J connectivity index is 2.78. The Morgan fingerprint density at radius 2 is 1.73 bits per heavy atom. The van der Waals surface area contributed by atoms with Crippen LogP contribution in [0.4, 0.5) is 0 Å². The Bertz CT molecular complexity index is 647. The first kappa shape index (κ1) is 29.8. The number of rotatable bonds is 15. The number of aliphatic hydroxyl groups excluding tert-OH is 1. The molecule has 0 unspecified atom stereocenters. The van der Waals surface area contributed by atoms with Gasteiger partial charge < -0.3 is 14.3 Å². The summed E-state index contributed by atoms with van der Waals surface area (Å²) in [5.41, 5.74) is 0. The minimum atomic E-state index is -1.98. The van der Waals surface area contributed by atoms with Crippen molar-refractivity contribution in [3.05, 3.63) is 24.3 Å². The number of carbonyl (C=O) groups excluding carboxylic acids is 2. The second-order valence-electron chi connectivity index (χ2n) is 10.8. The summed E-state index contributed by atoms with van der Waals surface area (Å²) in [7, 11) is -0.564. The Labute approximate surface area is 203 Å². The van der Waals surface area contributed by atoms with Crippen molar-refractivity contribution >= 4 is 20.1 Å². The van der Waals surface area contributed by atoms with Crippen molar-refractivity contribution in [3.8, 4) is 0 Å². The third kappa shape index (κ3) is 10.7. The maximum absolute atomic E-state index is 13.0. The van der Waals surface area contributed by atoms with E-state index in [2.05, 4.69) is 62.9 Å². The maximum atomic E-state index is 13.0. The molecule has 0 heterocycles. The molecule has 3 atom stereocenters. The summed E-state index contributed by atoms with van der Waals surface area (Å²) < 4.78 is 11.4. The molecule has 0 saturated heterocycles. The molecule has 5 nitrogen and oxygen atoms in total. The number of unbranched alkanes of at least 4 members (excludes halogenated alkanes) is 5. The van der Waals surface area contributed by atoms with Gasteiger partial charge in [0.2, 0.25) is 0 Å². The summed E-state index contributed by atoms with van der Waals surface area (Å²) in [6, 6.07) is 0. The average molecular weight is 481 g/mol. The van der Waals surface area contributed by atoms with Gasteiger partial charge in [-0.1, -0.05) is 57.9 Å². The first-order chi connectivity index (χ1) is 15.5. The second-order valence-corrected chi connectivity index (χ2v) is 15.6. The monoisotopic (exact) mass is 480 g/mol. The minimum absolute atomic E-state index is 0.0396. The van der Waals surface area contributed by atoms with Crippen LogP contribution in [0.3, 0.4) is 0 Å². The van der Waals surface area contributed by atoms with Crippen LogP contribution in [0, 0.1) is 11.8 Å². The summed E-state index contributed by atoms with van der Waals surface area (Å²) in [4.78, 5) is 24.2. The van der Waals surface area contributed by atoms with E-state index in [1.165, 1.54) is 7.11 Å². The topological polar surface area (TPSA) is 72.8 Å². The molecule has 0 aromatic heterocycles. The van der Waals surface area contributed by atoms with Crippen molar-refractivity contribution in [2.75, 3.05) is 13.7 Å². The molecule has 1 saturated carbocycles. The molecule has 0 amide bonds.